The molecule has 6 nitrogen and oxygen atoms in total. The van der Waals surface area contributed by atoms with Gasteiger partial charge in [-0.15, -0.1) is 35.3 Å². The highest BCUT2D eigenvalue weighted by Crippen LogP contribution is 2.24. The number of halogens is 1. The summed E-state index contributed by atoms with van der Waals surface area (Å²) in [5.74, 6) is 0.728. The van der Waals surface area contributed by atoms with Gasteiger partial charge in [0.15, 0.2) is 5.96 Å². The molecular weight excluding hydrogens is 485 g/mol. The molecule has 152 valence electrons. The lowest BCUT2D eigenvalue weighted by molar-refractivity contribution is 0.0963. The zero-order valence-corrected chi connectivity index (χ0v) is 19.4. The van der Waals surface area contributed by atoms with Crippen LogP contribution in [0.5, 0.6) is 0 Å². The third-order valence-corrected chi connectivity index (χ3v) is 5.68. The number of nitrogens with one attached hydrogen (secondary N) is 3. The highest BCUT2D eigenvalue weighted by molar-refractivity contribution is 14.0. The summed E-state index contributed by atoms with van der Waals surface area (Å²) >= 11 is 1.80. The van der Waals surface area contributed by atoms with Gasteiger partial charge >= 0.3 is 0 Å². The number of thiophene rings is 1. The van der Waals surface area contributed by atoms with E-state index < -0.39 is 0 Å². The van der Waals surface area contributed by atoms with E-state index in [1.807, 2.05) is 24.3 Å². The van der Waals surface area contributed by atoms with E-state index in [1.165, 1.54) is 5.00 Å². The number of benzene rings is 1. The molecule has 0 aliphatic carbocycles. The minimum atomic E-state index is -0.0724. The Morgan fingerprint density at radius 2 is 2.04 bits per heavy atom. The SMILES string of the molecule is CN=C(NCc1cccc(C(=O)NC)c1)NC1CCN(c2cccs2)CC1.I. The second kappa shape index (κ2) is 11.3. The Bertz CT molecular complexity index is 773. The zero-order chi connectivity index (χ0) is 19.1. The van der Waals surface area contributed by atoms with Crippen LogP contribution in [0.4, 0.5) is 5.00 Å². The molecule has 1 saturated heterocycles. The maximum absolute atomic E-state index is 11.8. The molecule has 3 N–H and O–H groups in total. The van der Waals surface area contributed by atoms with Crippen LogP contribution in [0.15, 0.2) is 46.8 Å². The van der Waals surface area contributed by atoms with E-state index in [4.69, 9.17) is 0 Å². The third-order valence-electron chi connectivity index (χ3n) is 4.75. The Hall–Kier alpha value is -1.81. The van der Waals surface area contributed by atoms with Crippen molar-refractivity contribution < 1.29 is 4.79 Å². The van der Waals surface area contributed by atoms with Gasteiger partial charge in [0.25, 0.3) is 5.91 Å². The molecule has 0 radical (unpaired) electrons. The zero-order valence-electron chi connectivity index (χ0n) is 16.3. The van der Waals surface area contributed by atoms with E-state index >= 15 is 0 Å². The number of hydrogen-bond donors (Lipinski definition) is 3. The second-order valence-electron chi connectivity index (χ2n) is 6.56. The van der Waals surface area contributed by atoms with Crippen LogP contribution in [0.25, 0.3) is 0 Å². The van der Waals surface area contributed by atoms with Gasteiger partial charge < -0.3 is 20.9 Å². The van der Waals surface area contributed by atoms with E-state index in [0.717, 1.165) is 37.5 Å². The van der Waals surface area contributed by atoms with Gasteiger partial charge in [0.1, 0.15) is 0 Å². The van der Waals surface area contributed by atoms with E-state index in [0.29, 0.717) is 18.2 Å². The molecule has 1 aromatic heterocycles. The van der Waals surface area contributed by atoms with Crippen molar-refractivity contribution in [3.63, 3.8) is 0 Å². The largest absolute Gasteiger partial charge is 0.363 e. The summed E-state index contributed by atoms with van der Waals surface area (Å²) in [5, 5.41) is 13.0. The number of nitrogens with zero attached hydrogens (tertiary/aromatic N) is 2. The fourth-order valence-corrected chi connectivity index (χ4v) is 4.02. The minimum Gasteiger partial charge on any atom is -0.363 e. The molecular formula is C20H28IN5OS. The van der Waals surface area contributed by atoms with Gasteiger partial charge in [0.05, 0.1) is 5.00 Å². The number of guanidine groups is 1. The highest BCUT2D eigenvalue weighted by atomic mass is 127. The van der Waals surface area contributed by atoms with Crippen LogP contribution in [0.3, 0.4) is 0 Å². The van der Waals surface area contributed by atoms with Gasteiger partial charge in [0.2, 0.25) is 0 Å². The first-order valence-corrected chi connectivity index (χ1v) is 10.1. The van der Waals surface area contributed by atoms with Crippen molar-refractivity contribution >= 4 is 52.2 Å². The molecule has 0 atom stereocenters. The van der Waals surface area contributed by atoms with Crippen LogP contribution < -0.4 is 20.9 Å². The number of carbonyl (C=O) groups excluding carboxylic acids is 1. The van der Waals surface area contributed by atoms with Crippen molar-refractivity contribution in [1.82, 2.24) is 16.0 Å². The number of rotatable bonds is 5. The first-order chi connectivity index (χ1) is 13.2. The van der Waals surface area contributed by atoms with Gasteiger partial charge in [0, 0.05) is 45.3 Å². The normalized spacial score (nSPS) is 14.9. The van der Waals surface area contributed by atoms with Gasteiger partial charge in [-0.25, -0.2) is 0 Å². The Kier molecular flexibility index (Phi) is 9.04. The number of piperidine rings is 1. The number of amides is 1. The first-order valence-electron chi connectivity index (χ1n) is 9.26. The molecule has 1 aromatic carbocycles. The fourth-order valence-electron chi connectivity index (χ4n) is 3.23. The number of hydrogen-bond acceptors (Lipinski definition) is 4. The average Bonchev–Trinajstić information content (AvgIpc) is 3.26. The number of aliphatic imine (C=N–C) groups is 1. The summed E-state index contributed by atoms with van der Waals surface area (Å²) in [7, 11) is 3.43. The first kappa shape index (κ1) is 22.5. The quantitative estimate of drug-likeness (QED) is 0.327. The van der Waals surface area contributed by atoms with Gasteiger partial charge in [-0.05, 0) is 48.1 Å². The Morgan fingerprint density at radius 1 is 1.25 bits per heavy atom. The summed E-state index contributed by atoms with van der Waals surface area (Å²) in [6.07, 6.45) is 2.18. The van der Waals surface area contributed by atoms with Crippen molar-refractivity contribution in [2.45, 2.75) is 25.4 Å². The lowest BCUT2D eigenvalue weighted by Gasteiger charge is -2.33. The highest BCUT2D eigenvalue weighted by Gasteiger charge is 2.20. The van der Waals surface area contributed by atoms with Crippen molar-refractivity contribution in [3.05, 3.63) is 52.9 Å². The van der Waals surface area contributed by atoms with Crippen LogP contribution in [0, 0.1) is 0 Å². The van der Waals surface area contributed by atoms with E-state index in [2.05, 4.69) is 43.4 Å². The third kappa shape index (κ3) is 6.10. The standard InChI is InChI=1S/C20H27N5OS.HI/c1-21-19(26)16-6-3-5-15(13-16)14-23-20(22-2)24-17-8-10-25(11-9-17)18-7-4-12-27-18;/h3-7,12-13,17H,8-11,14H2,1-2H3,(H,21,26)(H2,22,23,24);1H. The summed E-state index contributed by atoms with van der Waals surface area (Å²) in [4.78, 5) is 18.6. The summed E-state index contributed by atoms with van der Waals surface area (Å²) in [5.41, 5.74) is 1.72. The molecule has 1 aliphatic rings. The van der Waals surface area contributed by atoms with Gasteiger partial charge in [-0.2, -0.15) is 0 Å². The van der Waals surface area contributed by atoms with Crippen molar-refractivity contribution in [2.24, 2.45) is 4.99 Å². The molecule has 3 rings (SSSR count). The predicted molar refractivity (Wildman–Crippen MR) is 128 cm³/mol. The van der Waals surface area contributed by atoms with E-state index in [1.54, 1.807) is 25.4 Å². The Morgan fingerprint density at radius 3 is 2.68 bits per heavy atom. The molecule has 1 amide bonds. The molecule has 0 unspecified atom stereocenters. The van der Waals surface area contributed by atoms with Crippen molar-refractivity contribution in [2.75, 3.05) is 32.1 Å². The van der Waals surface area contributed by atoms with Crippen LogP contribution in [0.1, 0.15) is 28.8 Å². The van der Waals surface area contributed by atoms with Gasteiger partial charge in [-0.3, -0.25) is 9.79 Å². The average molecular weight is 513 g/mol. The van der Waals surface area contributed by atoms with Crippen LogP contribution in [-0.4, -0.2) is 45.1 Å². The molecule has 8 heteroatoms. The van der Waals surface area contributed by atoms with Crippen LogP contribution >= 0.6 is 35.3 Å². The summed E-state index contributed by atoms with van der Waals surface area (Å²) in [6.45, 7) is 2.74. The van der Waals surface area contributed by atoms with Crippen LogP contribution in [0.2, 0.25) is 0 Å². The molecule has 0 bridgehead atoms. The molecule has 2 heterocycles. The maximum atomic E-state index is 11.8. The number of anilines is 1. The molecule has 28 heavy (non-hydrogen) atoms. The lowest BCUT2D eigenvalue weighted by atomic mass is 10.1. The second-order valence-corrected chi connectivity index (χ2v) is 7.49. The van der Waals surface area contributed by atoms with Crippen molar-refractivity contribution in [1.29, 1.82) is 0 Å². The topological polar surface area (TPSA) is 68.8 Å². The summed E-state index contributed by atoms with van der Waals surface area (Å²) < 4.78 is 0. The summed E-state index contributed by atoms with van der Waals surface area (Å²) in [6, 6.07) is 12.3. The van der Waals surface area contributed by atoms with E-state index in [9.17, 15) is 4.79 Å². The molecule has 1 aliphatic heterocycles. The maximum Gasteiger partial charge on any atom is 0.251 e. The molecule has 1 fully saturated rings. The Labute approximate surface area is 187 Å². The van der Waals surface area contributed by atoms with Crippen LogP contribution in [-0.2, 0) is 6.54 Å². The molecule has 2 aromatic rings. The monoisotopic (exact) mass is 513 g/mol. The number of carbonyl (C=O) groups is 1. The fraction of sp³-hybridized carbons (Fsp3) is 0.400. The molecule has 0 spiro atoms. The Balaban J connectivity index is 0.00000280. The molecule has 0 saturated carbocycles. The predicted octanol–water partition coefficient (Wildman–Crippen LogP) is 3.06. The van der Waals surface area contributed by atoms with E-state index in [-0.39, 0.29) is 29.9 Å². The minimum absolute atomic E-state index is 0. The smallest absolute Gasteiger partial charge is 0.251 e. The lowest BCUT2D eigenvalue weighted by Crippen LogP contribution is -2.48. The van der Waals surface area contributed by atoms with Crippen molar-refractivity contribution in [3.8, 4) is 0 Å². The van der Waals surface area contributed by atoms with Gasteiger partial charge in [-0.1, -0.05) is 12.1 Å².